The van der Waals surface area contributed by atoms with Crippen molar-refractivity contribution in [1.82, 2.24) is 24.5 Å². The monoisotopic (exact) mass is 558 g/mol. The number of benzene rings is 3. The van der Waals surface area contributed by atoms with E-state index >= 15 is 0 Å². The van der Waals surface area contributed by atoms with E-state index in [0.717, 1.165) is 6.07 Å². The van der Waals surface area contributed by atoms with Crippen molar-refractivity contribution < 1.29 is 22.3 Å². The van der Waals surface area contributed by atoms with Gasteiger partial charge in [-0.25, -0.2) is 26.9 Å². The first kappa shape index (κ1) is 25.8. The van der Waals surface area contributed by atoms with Gasteiger partial charge in [-0.05, 0) is 43.3 Å². The van der Waals surface area contributed by atoms with Gasteiger partial charge in [0.2, 0.25) is 0 Å². The molecular formula is C25H21ClF2N6O3S. The van der Waals surface area contributed by atoms with Gasteiger partial charge in [0.1, 0.15) is 34.8 Å². The zero-order valence-electron chi connectivity index (χ0n) is 19.8. The van der Waals surface area contributed by atoms with E-state index in [1.54, 1.807) is 31.2 Å². The Hall–Kier alpha value is -3.87. The lowest BCUT2D eigenvalue weighted by molar-refractivity contribution is -0.0354. The second-order valence-corrected chi connectivity index (χ2v) is 10.8. The van der Waals surface area contributed by atoms with Crippen LogP contribution in [-0.4, -0.2) is 38.1 Å². The lowest BCUT2D eigenvalue weighted by atomic mass is 9.86. The lowest BCUT2D eigenvalue weighted by Gasteiger charge is -2.35. The SMILES string of the molecule is CC(n1ncc2cc(NS(=O)(=O)c3ccccc3Cl)ccc21)C(O)(Cn1cncn1)c1ccc(F)cc1F. The minimum absolute atomic E-state index is 0.0643. The standard InChI is InChI=1S/C25H21ClF2N6O3S/c1-16(25(35,13-33-15-29-14-31-33)20-8-6-18(27)11-22(20)28)34-23-9-7-19(10-17(23)12-30-34)32-38(36,37)24-5-3-2-4-21(24)26/h2-12,14-16,32,35H,13H2,1H3. The topological polar surface area (TPSA) is 115 Å². The van der Waals surface area contributed by atoms with Gasteiger partial charge < -0.3 is 5.11 Å². The smallest absolute Gasteiger partial charge is 0.263 e. The molecule has 0 aliphatic rings. The van der Waals surface area contributed by atoms with Crippen molar-refractivity contribution in [3.63, 3.8) is 0 Å². The Balaban J connectivity index is 1.52. The normalized spacial score (nSPS) is 14.3. The fourth-order valence-electron chi connectivity index (χ4n) is 4.34. The van der Waals surface area contributed by atoms with Gasteiger partial charge in [0.05, 0.1) is 29.3 Å². The fraction of sp³-hybridized carbons (Fsp3) is 0.160. The average Bonchev–Trinajstić information content (AvgIpc) is 3.53. The van der Waals surface area contributed by atoms with E-state index in [-0.39, 0.29) is 27.7 Å². The van der Waals surface area contributed by atoms with Crippen LogP contribution in [0.25, 0.3) is 10.9 Å². The molecule has 2 unspecified atom stereocenters. The largest absolute Gasteiger partial charge is 0.381 e. The summed E-state index contributed by atoms with van der Waals surface area (Å²) in [6, 6.07) is 12.9. The number of fused-ring (bicyclic) bond motifs is 1. The highest BCUT2D eigenvalue weighted by Gasteiger charge is 2.41. The lowest BCUT2D eigenvalue weighted by Crippen LogP contribution is -2.41. The molecule has 0 aliphatic heterocycles. The minimum Gasteiger partial charge on any atom is -0.381 e. The Kier molecular flexibility index (Phi) is 6.63. The number of aromatic nitrogens is 5. The van der Waals surface area contributed by atoms with Gasteiger partial charge in [0.15, 0.2) is 0 Å². The molecule has 2 heterocycles. The number of rotatable bonds is 8. The van der Waals surface area contributed by atoms with Crippen LogP contribution in [0.15, 0.2) is 84.4 Å². The van der Waals surface area contributed by atoms with Crippen LogP contribution in [0.5, 0.6) is 0 Å². The molecule has 0 spiro atoms. The summed E-state index contributed by atoms with van der Waals surface area (Å²) in [6.45, 7) is 1.44. The summed E-state index contributed by atoms with van der Waals surface area (Å²) in [4.78, 5) is 3.81. The van der Waals surface area contributed by atoms with Crippen LogP contribution in [0.1, 0.15) is 18.5 Å². The van der Waals surface area contributed by atoms with Gasteiger partial charge in [-0.15, -0.1) is 0 Å². The van der Waals surface area contributed by atoms with Crippen LogP contribution in [-0.2, 0) is 22.2 Å². The average molecular weight is 559 g/mol. The van der Waals surface area contributed by atoms with E-state index in [2.05, 4.69) is 19.9 Å². The van der Waals surface area contributed by atoms with Crippen LogP contribution in [0.4, 0.5) is 14.5 Å². The van der Waals surface area contributed by atoms with Gasteiger partial charge >= 0.3 is 0 Å². The van der Waals surface area contributed by atoms with Gasteiger partial charge in [-0.2, -0.15) is 10.2 Å². The molecule has 0 fully saturated rings. The summed E-state index contributed by atoms with van der Waals surface area (Å²) in [5.41, 5.74) is -1.26. The van der Waals surface area contributed by atoms with Crippen LogP contribution < -0.4 is 4.72 Å². The molecule has 2 aromatic heterocycles. The summed E-state index contributed by atoms with van der Waals surface area (Å²) in [5, 5.41) is 20.9. The molecule has 196 valence electrons. The molecule has 9 nitrogen and oxygen atoms in total. The van der Waals surface area contributed by atoms with Crippen LogP contribution >= 0.6 is 11.6 Å². The number of anilines is 1. The van der Waals surface area contributed by atoms with Crippen molar-refractivity contribution in [1.29, 1.82) is 0 Å². The molecular weight excluding hydrogens is 538 g/mol. The van der Waals surface area contributed by atoms with E-state index in [1.165, 1.54) is 52.5 Å². The molecule has 0 aliphatic carbocycles. The Bertz CT molecular complexity index is 1730. The van der Waals surface area contributed by atoms with Gasteiger partial charge in [-0.3, -0.25) is 9.40 Å². The number of nitrogens with one attached hydrogen (secondary N) is 1. The van der Waals surface area contributed by atoms with Gasteiger partial charge in [-0.1, -0.05) is 29.8 Å². The summed E-state index contributed by atoms with van der Waals surface area (Å²) < 4.78 is 59.6. The molecule has 0 bridgehead atoms. The summed E-state index contributed by atoms with van der Waals surface area (Å²) >= 11 is 6.06. The molecule has 3 aromatic carbocycles. The third kappa shape index (κ3) is 4.73. The van der Waals surface area contributed by atoms with E-state index in [1.807, 2.05) is 0 Å². The highest BCUT2D eigenvalue weighted by atomic mass is 35.5. The highest BCUT2D eigenvalue weighted by Crippen LogP contribution is 2.38. The fourth-order valence-corrected chi connectivity index (χ4v) is 5.91. The molecule has 0 saturated carbocycles. The molecule has 0 amide bonds. The van der Waals surface area contributed by atoms with Crippen LogP contribution in [0.3, 0.4) is 0 Å². The molecule has 0 radical (unpaired) electrons. The number of aliphatic hydroxyl groups is 1. The predicted octanol–water partition coefficient (Wildman–Crippen LogP) is 4.51. The highest BCUT2D eigenvalue weighted by molar-refractivity contribution is 7.92. The van der Waals surface area contributed by atoms with E-state index in [4.69, 9.17) is 11.6 Å². The predicted molar refractivity (Wildman–Crippen MR) is 137 cm³/mol. The summed E-state index contributed by atoms with van der Waals surface area (Å²) in [7, 11) is -3.96. The molecule has 2 N–H and O–H groups in total. The number of hydrogen-bond donors (Lipinski definition) is 2. The Morgan fingerprint density at radius 1 is 1.11 bits per heavy atom. The van der Waals surface area contributed by atoms with E-state index in [9.17, 15) is 22.3 Å². The second-order valence-electron chi connectivity index (χ2n) is 8.72. The Morgan fingerprint density at radius 3 is 2.61 bits per heavy atom. The van der Waals surface area contributed by atoms with Crippen molar-refractivity contribution in [2.24, 2.45) is 0 Å². The van der Waals surface area contributed by atoms with Crippen molar-refractivity contribution in [2.75, 3.05) is 4.72 Å². The molecule has 5 aromatic rings. The first-order chi connectivity index (χ1) is 18.1. The zero-order chi connectivity index (χ0) is 27.1. The van der Waals surface area contributed by atoms with Crippen molar-refractivity contribution in [3.05, 3.63) is 102 Å². The maximum atomic E-state index is 14.9. The quantitative estimate of drug-likeness (QED) is 0.290. The number of nitrogens with zero attached hydrogens (tertiary/aromatic N) is 5. The third-order valence-corrected chi connectivity index (χ3v) is 8.18. The molecule has 2 atom stereocenters. The number of halogens is 3. The van der Waals surface area contributed by atoms with Crippen molar-refractivity contribution >= 4 is 38.2 Å². The van der Waals surface area contributed by atoms with Crippen LogP contribution in [0, 0.1) is 11.6 Å². The van der Waals surface area contributed by atoms with Crippen molar-refractivity contribution in [2.45, 2.75) is 30.0 Å². The number of hydrogen-bond acceptors (Lipinski definition) is 6. The first-order valence-corrected chi connectivity index (χ1v) is 13.2. The third-order valence-electron chi connectivity index (χ3n) is 6.30. The second kappa shape index (κ2) is 9.78. The molecule has 5 rings (SSSR count). The van der Waals surface area contributed by atoms with Gasteiger partial charge in [0, 0.05) is 22.7 Å². The minimum atomic E-state index is -3.96. The molecule has 13 heteroatoms. The zero-order valence-corrected chi connectivity index (χ0v) is 21.4. The molecule has 0 saturated heterocycles. The summed E-state index contributed by atoms with van der Waals surface area (Å²) in [5.74, 6) is -1.70. The maximum Gasteiger partial charge on any atom is 0.263 e. The van der Waals surface area contributed by atoms with E-state index < -0.39 is 33.3 Å². The number of sulfonamides is 1. The van der Waals surface area contributed by atoms with E-state index in [0.29, 0.717) is 17.0 Å². The molecule has 38 heavy (non-hydrogen) atoms. The Labute approximate surface area is 221 Å². The first-order valence-electron chi connectivity index (χ1n) is 11.3. The van der Waals surface area contributed by atoms with Crippen LogP contribution in [0.2, 0.25) is 5.02 Å². The van der Waals surface area contributed by atoms with Crippen molar-refractivity contribution in [3.8, 4) is 0 Å². The Morgan fingerprint density at radius 2 is 1.89 bits per heavy atom. The maximum absolute atomic E-state index is 14.9. The van der Waals surface area contributed by atoms with Gasteiger partial charge in [0.25, 0.3) is 10.0 Å². The summed E-state index contributed by atoms with van der Waals surface area (Å²) in [6.07, 6.45) is 4.15.